The Bertz CT molecular complexity index is 1120. The molecule has 0 radical (unpaired) electrons. The van der Waals surface area contributed by atoms with Crippen molar-refractivity contribution in [1.82, 2.24) is 26.2 Å². The molecule has 8 atom stereocenters. The molecule has 4 N–H and O–H groups in total. The minimum absolute atomic E-state index is 0.484. The van der Waals surface area contributed by atoms with E-state index in [1.807, 2.05) is 0 Å². The molecule has 0 spiro atoms. The lowest BCUT2D eigenvalue weighted by Crippen LogP contribution is -2.44. The molecule has 0 aromatic rings. The molecule has 13 heterocycles. The van der Waals surface area contributed by atoms with Crippen LogP contribution in [0.3, 0.4) is 0 Å². The Hall–Kier alpha value is -0.330. The molecule has 18 aliphatic rings. The van der Waals surface area contributed by atoms with Crippen molar-refractivity contribution < 1.29 is 17.9 Å². The van der Waals surface area contributed by atoms with Crippen LogP contribution < -0.4 is 21.3 Å². The molecule has 9 nitrogen and oxygen atoms in total. The van der Waals surface area contributed by atoms with Crippen LogP contribution >= 0.6 is 0 Å². The first kappa shape index (κ1) is 41.0. The highest BCUT2D eigenvalue weighted by Gasteiger charge is 2.49. The second-order valence-electron chi connectivity index (χ2n) is 21.3. The highest BCUT2D eigenvalue weighted by molar-refractivity contribution is 7.91. The minimum atomic E-state index is -2.55. The summed E-state index contributed by atoms with van der Waals surface area (Å²) >= 11 is 0. The highest BCUT2D eigenvalue weighted by atomic mass is 32.2. The van der Waals surface area contributed by atoms with E-state index in [0.29, 0.717) is 35.5 Å². The van der Waals surface area contributed by atoms with Crippen LogP contribution in [0.4, 0.5) is 0 Å². The molecule has 8 bridgehead atoms. The number of nitrogens with one attached hydrogen (secondary N) is 4. The number of hydrogen-bond acceptors (Lipinski definition) is 9. The van der Waals surface area contributed by atoms with Crippen LogP contribution in [0.25, 0.3) is 0 Å². The molecule has 56 heavy (non-hydrogen) atoms. The van der Waals surface area contributed by atoms with Gasteiger partial charge in [0.25, 0.3) is 0 Å². The first-order chi connectivity index (χ1) is 27.4. The topological polar surface area (TPSA) is 104 Å². The van der Waals surface area contributed by atoms with Gasteiger partial charge in [-0.1, -0.05) is 0 Å². The Morgan fingerprint density at radius 2 is 1.04 bits per heavy atom. The first-order valence-corrected chi connectivity index (χ1v) is 26.3. The largest absolute Gasteiger partial charge is 0.381 e. The van der Waals surface area contributed by atoms with Crippen molar-refractivity contribution in [2.75, 3.05) is 70.5 Å². The van der Waals surface area contributed by atoms with Gasteiger partial charge in [-0.05, 0) is 227 Å². The van der Waals surface area contributed by atoms with Gasteiger partial charge >= 0.3 is 0 Å². The monoisotopic (exact) mass is 800 g/mol. The van der Waals surface area contributed by atoms with Crippen molar-refractivity contribution in [2.45, 2.75) is 165 Å². The van der Waals surface area contributed by atoms with Crippen molar-refractivity contribution in [3.8, 4) is 0 Å². The third-order valence-corrected chi connectivity index (χ3v) is 18.6. The average molecular weight is 800 g/mol. The van der Waals surface area contributed by atoms with E-state index in [9.17, 15) is 8.42 Å². The molecule has 18 rings (SSSR count). The zero-order chi connectivity index (χ0) is 37.9. The molecule has 320 valence electrons. The van der Waals surface area contributed by atoms with Gasteiger partial charge in [0.2, 0.25) is 0 Å². The van der Waals surface area contributed by atoms with E-state index in [-0.39, 0.29) is 0 Å². The summed E-state index contributed by atoms with van der Waals surface area (Å²) < 4.78 is 31.9. The molecule has 10 heteroatoms. The Morgan fingerprint density at radius 1 is 0.482 bits per heavy atom. The van der Waals surface area contributed by atoms with Crippen LogP contribution in [0.1, 0.15) is 128 Å². The van der Waals surface area contributed by atoms with E-state index in [1.165, 1.54) is 174 Å². The van der Waals surface area contributed by atoms with E-state index in [4.69, 9.17) is 9.47 Å². The van der Waals surface area contributed by atoms with E-state index in [1.54, 1.807) is 0 Å². The van der Waals surface area contributed by atoms with Crippen molar-refractivity contribution >= 4 is 9.84 Å². The number of fused-ring (bicyclic) bond motifs is 14. The molecule has 0 amide bonds. The van der Waals surface area contributed by atoms with Crippen LogP contribution in [-0.2, 0) is 19.3 Å². The fourth-order valence-corrected chi connectivity index (χ4v) is 14.4. The Labute approximate surface area is 341 Å². The van der Waals surface area contributed by atoms with E-state index in [0.717, 1.165) is 78.8 Å². The molecular weight excluding hydrogens is 719 g/mol. The summed E-state index contributed by atoms with van der Waals surface area (Å²) in [6, 6.07) is 3.71. The molecule has 13 aliphatic heterocycles. The number of hydrogen-bond donors (Lipinski definition) is 4. The molecule has 8 unspecified atom stereocenters. The maximum absolute atomic E-state index is 10.7. The molecule has 0 aromatic heterocycles. The van der Waals surface area contributed by atoms with Crippen LogP contribution in [0.2, 0.25) is 0 Å². The van der Waals surface area contributed by atoms with Crippen LogP contribution in [0.5, 0.6) is 0 Å². The lowest BCUT2D eigenvalue weighted by molar-refractivity contribution is 0.105. The standard InChI is InChI=1S/2C7H13N.C6H11N.C6H10O.2C5H9N.C5H8O2S.C5H8O/c1-4-8-5-2-7(1)3-6-8;1-3-7-4-2-6(1)5-8-7;2*1-2-6-4-3-5(1)7-6;1-4-2-6-3-5(1)4;1-2-6-5-3-4(1)5;6-8(7)2-4-1-5(4)3-8;1-4-2-6-3-5(1)4/h7H,1-6H2;6-8H,1-5H2;5-7H,1-4H2;5-6H,1-4H2;2*4-6H,1-3H2;4-5H,1-3H2;4-5H,1-3H2. The number of rotatable bonds is 0. The highest BCUT2D eigenvalue weighted by Crippen LogP contribution is 2.46. The Balaban J connectivity index is 0.0000000838. The van der Waals surface area contributed by atoms with Crippen molar-refractivity contribution in [3.63, 3.8) is 0 Å². The van der Waals surface area contributed by atoms with Gasteiger partial charge in [-0.15, -0.1) is 0 Å². The Kier molecular flexibility index (Phi) is 14.0. The molecular formula is C46H81N5O4S. The van der Waals surface area contributed by atoms with Gasteiger partial charge in [0, 0.05) is 37.4 Å². The lowest BCUT2D eigenvalue weighted by atomic mass is 9.82. The number of ether oxygens (including phenoxy) is 2. The molecule has 13 saturated heterocycles. The SMILES string of the molecule is C1CC2CC2N1.C1CC2CCC1CN2.C1CC2CCC1N2.C1CC2CCC1O2.C1CN2CCC1CC2.C1NCC2CC12.C1OCC2CC12.O=S1(=O)CC2CC2C1. The summed E-state index contributed by atoms with van der Waals surface area (Å²) in [6.07, 6.45) is 29.9. The predicted octanol–water partition coefficient (Wildman–Crippen LogP) is 5.78. The van der Waals surface area contributed by atoms with Crippen LogP contribution in [0.15, 0.2) is 0 Å². The van der Waals surface area contributed by atoms with E-state index in [2.05, 4.69) is 26.2 Å². The maximum atomic E-state index is 10.7. The molecule has 5 aliphatic carbocycles. The fraction of sp³-hybridized carbons (Fsp3) is 1.00. The third-order valence-electron chi connectivity index (χ3n) is 16.8. The zero-order valence-electron chi connectivity index (χ0n) is 35.1. The van der Waals surface area contributed by atoms with E-state index < -0.39 is 9.84 Å². The smallest absolute Gasteiger partial charge is 0.150 e. The summed E-state index contributed by atoms with van der Waals surface area (Å²) in [5, 5.41) is 13.8. The normalized spacial score (nSPS) is 48.5. The Morgan fingerprint density at radius 3 is 1.20 bits per heavy atom. The number of nitrogens with zero attached hydrogens (tertiary/aromatic N) is 1. The summed E-state index contributed by atoms with van der Waals surface area (Å²) in [5.74, 6) is 9.55. The minimum Gasteiger partial charge on any atom is -0.381 e. The molecule has 0 aromatic carbocycles. The van der Waals surface area contributed by atoms with Gasteiger partial charge in [-0.3, -0.25) is 0 Å². The van der Waals surface area contributed by atoms with Crippen LogP contribution in [-0.4, -0.2) is 120 Å². The summed E-state index contributed by atoms with van der Waals surface area (Å²) in [6.45, 7) is 11.5. The quantitative estimate of drug-likeness (QED) is 0.243. The summed E-state index contributed by atoms with van der Waals surface area (Å²) in [7, 11) is -2.55. The van der Waals surface area contributed by atoms with Gasteiger partial charge in [0.05, 0.1) is 23.7 Å². The second-order valence-corrected chi connectivity index (χ2v) is 23.5. The zero-order valence-corrected chi connectivity index (χ0v) is 35.9. The predicted molar refractivity (Wildman–Crippen MR) is 225 cm³/mol. The summed E-state index contributed by atoms with van der Waals surface area (Å²) in [4.78, 5) is 2.58. The van der Waals surface area contributed by atoms with Gasteiger partial charge in [0.15, 0.2) is 9.84 Å². The van der Waals surface area contributed by atoms with Crippen LogP contribution in [0, 0.1) is 53.3 Å². The lowest BCUT2D eigenvalue weighted by Gasteiger charge is -2.38. The molecule has 5 saturated carbocycles. The van der Waals surface area contributed by atoms with Gasteiger partial charge in [0.1, 0.15) is 0 Å². The average Bonchev–Trinajstić information content (AvgIpc) is 4.01. The fourth-order valence-electron chi connectivity index (χ4n) is 12.2. The van der Waals surface area contributed by atoms with Gasteiger partial charge in [-0.2, -0.15) is 0 Å². The second kappa shape index (κ2) is 19.2. The number of sulfone groups is 1. The van der Waals surface area contributed by atoms with Gasteiger partial charge in [-0.25, -0.2) is 8.42 Å². The van der Waals surface area contributed by atoms with Gasteiger partial charge < -0.3 is 35.6 Å². The summed E-state index contributed by atoms with van der Waals surface area (Å²) in [5.41, 5.74) is 0. The first-order valence-electron chi connectivity index (χ1n) is 24.5. The van der Waals surface area contributed by atoms with Crippen molar-refractivity contribution in [1.29, 1.82) is 0 Å². The number of piperidine rings is 7. The molecule has 18 fully saturated rings. The third kappa shape index (κ3) is 12.4. The maximum Gasteiger partial charge on any atom is 0.150 e. The van der Waals surface area contributed by atoms with E-state index >= 15 is 0 Å². The van der Waals surface area contributed by atoms with Crippen molar-refractivity contribution in [2.24, 2.45) is 53.3 Å². The van der Waals surface area contributed by atoms with Crippen molar-refractivity contribution in [3.05, 3.63) is 0 Å².